The topological polar surface area (TPSA) is 64.6 Å². The van der Waals surface area contributed by atoms with Crippen molar-refractivity contribution in [1.29, 1.82) is 0 Å². The lowest BCUT2D eigenvalue weighted by Crippen LogP contribution is -2.83. The Morgan fingerprint density at radius 1 is 0.338 bits per heavy atom. The van der Waals surface area contributed by atoms with Crippen LogP contribution in [0.5, 0.6) is 0 Å². The Balaban J connectivity index is -0.000000910. The zero-order valence-electron chi connectivity index (χ0n) is 58.9. The van der Waals surface area contributed by atoms with Gasteiger partial charge in [0.2, 0.25) is 0 Å². The van der Waals surface area contributed by atoms with E-state index in [1.165, 1.54) is 0 Å². The van der Waals surface area contributed by atoms with Crippen LogP contribution >= 0.6 is 0 Å². The van der Waals surface area contributed by atoms with Gasteiger partial charge in [-0.05, 0) is 128 Å². The fourth-order valence-electron chi connectivity index (χ4n) is 15.1. The highest BCUT2D eigenvalue weighted by Crippen LogP contribution is 2.45. The van der Waals surface area contributed by atoms with Crippen molar-refractivity contribution in [2.75, 3.05) is 0 Å². The Labute approximate surface area is 483 Å². The van der Waals surface area contributed by atoms with Gasteiger partial charge >= 0.3 is 43.0 Å². The molecule has 0 amide bonds. The van der Waals surface area contributed by atoms with Crippen molar-refractivity contribution >= 4 is 127 Å². The van der Waals surface area contributed by atoms with Gasteiger partial charge in [0, 0.05) is 64.8 Å². The van der Waals surface area contributed by atoms with Crippen LogP contribution in [0.2, 0.25) is 247 Å². The van der Waals surface area contributed by atoms with Crippen molar-refractivity contribution in [2.45, 2.75) is 309 Å². The minimum atomic E-state index is -2.58. The fourth-order valence-corrected chi connectivity index (χ4v) is 252. The van der Waals surface area contributed by atoms with Crippen molar-refractivity contribution in [3.63, 3.8) is 0 Å². The van der Waals surface area contributed by atoms with Gasteiger partial charge in [-0.25, -0.2) is 0 Å². The molecule has 450 valence electrons. The average Bonchev–Trinajstić information content (AvgIpc) is 2.92. The zero-order valence-corrected chi connectivity index (χ0v) is 74.9. The maximum atomic E-state index is 6.59. The summed E-state index contributed by atoms with van der Waals surface area (Å²) in [5, 5.41) is 0. The van der Waals surface area contributed by atoms with Crippen LogP contribution in [0.25, 0.3) is 0 Å². The molecule has 0 unspecified atom stereocenters. The van der Waals surface area contributed by atoms with Crippen molar-refractivity contribution in [1.82, 2.24) is 0 Å². The second-order valence-corrected chi connectivity index (χ2v) is 150. The van der Waals surface area contributed by atoms with Crippen LogP contribution in [0.3, 0.4) is 0 Å². The predicted molar refractivity (Wildman–Crippen MR) is 382 cm³/mol. The summed E-state index contributed by atoms with van der Waals surface area (Å²) in [5.41, 5.74) is 0.521. The molecule has 0 aromatic heterocycles. The normalized spacial score (nSPS) is 18.9. The molecule has 1 fully saturated rings. The van der Waals surface area contributed by atoms with Crippen LogP contribution < -0.4 is 0 Å². The standard InChI is InChI=1S/C14H38Si4.C13H36O3Si4.C13H36Si4.C11H30O4Si4/c1-14(2,3)13-18(15(4,5)6,16(7,8)9)17(10,11)12;1-13(2)12-20(14-17(3,4)5,15-18(6,7)8)16-19(9,10)11;1-13(2)12-17(14(3,4)5,15(6,7)8)16(9,10)11;1-11(2)10-19(9)14-17(5,6)12-16(3,4)13-18(7,8)15-19/h13H2,1-12H3;13H,12H2,1-11H3;13H,12H2,1-11H3;11H,10H2,1-9H3. The lowest BCUT2D eigenvalue weighted by molar-refractivity contribution is 0.231. The first-order valence-corrected chi connectivity index (χ1v) is 83.9. The van der Waals surface area contributed by atoms with Crippen LogP contribution in [0.4, 0.5) is 0 Å². The van der Waals surface area contributed by atoms with Gasteiger partial charge in [0.25, 0.3) is 0 Å². The minimum Gasteiger partial charge on any atom is -0.417 e. The van der Waals surface area contributed by atoms with Gasteiger partial charge < -0.3 is 28.8 Å². The molecule has 1 saturated heterocycles. The molecule has 0 atom stereocenters. The lowest BCUT2D eigenvalue weighted by atomic mass is 10.0. The van der Waals surface area contributed by atoms with E-state index in [-0.39, 0.29) is 0 Å². The molecule has 74 heavy (non-hydrogen) atoms. The summed E-state index contributed by atoms with van der Waals surface area (Å²) in [6.07, 6.45) is 0. The summed E-state index contributed by atoms with van der Waals surface area (Å²) in [5.74, 6) is 2.01. The maximum Gasteiger partial charge on any atom is 0.469 e. The van der Waals surface area contributed by atoms with Crippen molar-refractivity contribution in [3.05, 3.63) is 0 Å². The average molecular weight is 1320 g/mol. The summed E-state index contributed by atoms with van der Waals surface area (Å²) in [4.78, 5) is 0. The third kappa shape index (κ3) is 28.6. The Morgan fingerprint density at radius 3 is 0.716 bits per heavy atom. The van der Waals surface area contributed by atoms with E-state index in [1.54, 1.807) is 12.1 Å². The first-order chi connectivity index (χ1) is 31.4. The molecular formula is C51H140O7Si16. The molecule has 0 aromatic carbocycles. The molecular weight excluding hydrogens is 1170 g/mol. The lowest BCUT2D eigenvalue weighted by Gasteiger charge is -2.59. The Bertz CT molecular complexity index is 1520. The molecule has 0 saturated carbocycles. The number of hydrogen-bond acceptors (Lipinski definition) is 7. The summed E-state index contributed by atoms with van der Waals surface area (Å²) in [6.45, 7) is 102. The van der Waals surface area contributed by atoms with Crippen molar-refractivity contribution < 1.29 is 28.8 Å². The highest BCUT2D eigenvalue weighted by molar-refractivity contribution is 7.90. The largest absolute Gasteiger partial charge is 0.469 e. The van der Waals surface area contributed by atoms with Crippen LogP contribution in [-0.2, 0) is 28.8 Å². The molecule has 0 spiro atoms. The molecule has 1 aliphatic heterocycles. The van der Waals surface area contributed by atoms with E-state index in [0.29, 0.717) is 17.3 Å². The predicted octanol–water partition coefficient (Wildman–Crippen LogP) is 20.1. The number of hydrogen-bond donors (Lipinski definition) is 0. The smallest absolute Gasteiger partial charge is 0.417 e. The SMILES string of the molecule is CC(C)(C)C[Si]([Si](C)(C)C)([Si](C)(C)C)[Si](C)(C)C.CC(C)C[Si](O[Si](C)(C)C)(O[Si](C)(C)C)O[Si](C)(C)C.CC(C)C[Si]([Si](C)(C)C)([Si](C)(C)C)[Si](C)(C)C.CC(C)C[Si]1(C)O[Si](C)(C)O[Si](C)(C)O[Si](C)(C)O1. The Kier molecular flexibility index (Phi) is 30.2. The van der Waals surface area contributed by atoms with Gasteiger partial charge in [-0.2, -0.15) is 0 Å². The molecule has 1 rings (SSSR count). The highest BCUT2D eigenvalue weighted by atomic mass is 29.9. The van der Waals surface area contributed by atoms with E-state index in [4.69, 9.17) is 28.8 Å². The molecule has 0 aromatic rings. The molecule has 1 aliphatic rings. The highest BCUT2D eigenvalue weighted by Gasteiger charge is 2.63. The Morgan fingerprint density at radius 2 is 0.568 bits per heavy atom. The second-order valence-electron chi connectivity index (χ2n) is 35.9. The van der Waals surface area contributed by atoms with E-state index in [0.717, 1.165) is 18.0 Å². The minimum absolute atomic E-state index is 0.521. The van der Waals surface area contributed by atoms with Gasteiger partial charge in [0.15, 0.2) is 25.0 Å². The summed E-state index contributed by atoms with van der Waals surface area (Å²) < 4.78 is 45.3. The zero-order chi connectivity index (χ0) is 61.0. The molecule has 1 heterocycles. The quantitative estimate of drug-likeness (QED) is 0.119. The van der Waals surface area contributed by atoms with Gasteiger partial charge in [0.05, 0.1) is 0 Å². The second kappa shape index (κ2) is 27.5. The van der Waals surface area contributed by atoms with E-state index >= 15 is 0 Å². The van der Waals surface area contributed by atoms with Gasteiger partial charge in [0.1, 0.15) is 0 Å². The molecule has 0 aliphatic carbocycles. The third-order valence-electron chi connectivity index (χ3n) is 13.9. The Hall–Kier alpha value is 3.19. The van der Waals surface area contributed by atoms with Crippen molar-refractivity contribution in [2.24, 2.45) is 23.2 Å². The van der Waals surface area contributed by atoms with Crippen LogP contribution in [-0.4, -0.2) is 127 Å². The summed E-state index contributed by atoms with van der Waals surface area (Å²) >= 11 is 0. The monoisotopic (exact) mass is 1310 g/mol. The van der Waals surface area contributed by atoms with Gasteiger partial charge in [-0.3, -0.25) is 0 Å². The van der Waals surface area contributed by atoms with E-state index in [9.17, 15) is 0 Å². The third-order valence-corrected chi connectivity index (χ3v) is 192. The molecule has 7 nitrogen and oxygen atoms in total. The van der Waals surface area contributed by atoms with Crippen LogP contribution in [0, 0.1) is 23.2 Å². The van der Waals surface area contributed by atoms with Crippen LogP contribution in [0.1, 0.15) is 62.3 Å². The summed E-state index contributed by atoms with van der Waals surface area (Å²) in [7, 11) is -22.6. The summed E-state index contributed by atoms with van der Waals surface area (Å²) in [6, 6.07) is 5.13. The number of rotatable bonds is 19. The van der Waals surface area contributed by atoms with E-state index in [1.807, 2.05) is 0 Å². The molecule has 0 N–H and O–H groups in total. The van der Waals surface area contributed by atoms with E-state index < -0.39 is 127 Å². The fraction of sp³-hybridized carbons (Fsp3) is 1.00. The molecule has 23 heteroatoms. The maximum absolute atomic E-state index is 6.59. The first kappa shape index (κ1) is 81.4. The van der Waals surface area contributed by atoms with Crippen molar-refractivity contribution in [3.8, 4) is 0 Å². The van der Waals surface area contributed by atoms with E-state index in [2.05, 4.69) is 285 Å². The first-order valence-electron chi connectivity index (χ1n) is 29.3. The molecule has 0 bridgehead atoms. The van der Waals surface area contributed by atoms with Crippen LogP contribution in [0.15, 0.2) is 0 Å². The van der Waals surface area contributed by atoms with Gasteiger partial charge in [-0.1, -0.05) is 198 Å². The van der Waals surface area contributed by atoms with Gasteiger partial charge in [-0.15, -0.1) is 0 Å². The molecule has 0 radical (unpaired) electrons.